The van der Waals surface area contributed by atoms with E-state index in [2.05, 4.69) is 9.73 Å². The van der Waals surface area contributed by atoms with Gasteiger partial charge < -0.3 is 9.84 Å². The van der Waals surface area contributed by atoms with Crippen LogP contribution < -0.4 is 4.74 Å². The molecule has 1 aromatic rings. The van der Waals surface area contributed by atoms with Crippen LogP contribution in [0.4, 0.5) is 8.78 Å². The Bertz CT molecular complexity index is 428. The third-order valence-electron chi connectivity index (χ3n) is 1.75. The molecule has 0 radical (unpaired) electrons. The molecule has 0 aliphatic heterocycles. The highest BCUT2D eigenvalue weighted by Crippen LogP contribution is 2.31. The van der Waals surface area contributed by atoms with Crippen molar-refractivity contribution in [2.75, 3.05) is 7.11 Å². The lowest BCUT2D eigenvalue weighted by atomic mass is 10.1. The van der Waals surface area contributed by atoms with Crippen LogP contribution in [0.5, 0.6) is 11.5 Å². The van der Waals surface area contributed by atoms with Crippen LogP contribution in [0.25, 0.3) is 0 Å². The molecule has 0 atom stereocenters. The first-order chi connectivity index (χ1) is 7.11. The number of phenols is 1. The van der Waals surface area contributed by atoms with E-state index in [1.807, 2.05) is 0 Å². The molecule has 0 aliphatic rings. The normalized spacial score (nSPS) is 9.53. The summed E-state index contributed by atoms with van der Waals surface area (Å²) < 4.78 is 30.8. The fourth-order valence-electron chi connectivity index (χ4n) is 1.03. The van der Waals surface area contributed by atoms with Crippen molar-refractivity contribution in [1.82, 2.24) is 0 Å². The number of hydrogen-bond acceptors (Lipinski definition) is 4. The van der Waals surface area contributed by atoms with Crippen LogP contribution in [0.1, 0.15) is 5.56 Å². The Hall–Kier alpha value is -1.94. The van der Waals surface area contributed by atoms with Crippen molar-refractivity contribution in [2.24, 2.45) is 4.99 Å². The molecular weight excluding hydrogens is 208 g/mol. The number of hydrogen-bond donors (Lipinski definition) is 1. The highest BCUT2D eigenvalue weighted by atomic mass is 19.1. The van der Waals surface area contributed by atoms with Crippen molar-refractivity contribution in [3.8, 4) is 11.5 Å². The van der Waals surface area contributed by atoms with Crippen molar-refractivity contribution in [3.05, 3.63) is 23.3 Å². The standard InChI is InChI=1S/C9H7F2NO3/c1-15-6-2-5(3-12-4-13)7(10)9(14)8(6)11/h2,14H,3H2,1H3. The van der Waals surface area contributed by atoms with Gasteiger partial charge in [0.1, 0.15) is 0 Å². The van der Waals surface area contributed by atoms with E-state index in [9.17, 15) is 13.6 Å². The lowest BCUT2D eigenvalue weighted by Crippen LogP contribution is -1.96. The Morgan fingerprint density at radius 1 is 1.53 bits per heavy atom. The van der Waals surface area contributed by atoms with E-state index in [4.69, 9.17) is 5.11 Å². The molecule has 6 heteroatoms. The fraction of sp³-hybridized carbons (Fsp3) is 0.222. The fourth-order valence-corrected chi connectivity index (χ4v) is 1.03. The van der Waals surface area contributed by atoms with E-state index in [1.54, 1.807) is 0 Å². The number of halogens is 2. The average Bonchev–Trinajstić information content (AvgIpc) is 2.25. The van der Waals surface area contributed by atoms with Crippen LogP contribution in [0.2, 0.25) is 0 Å². The van der Waals surface area contributed by atoms with Crippen molar-refractivity contribution in [3.63, 3.8) is 0 Å². The number of aromatic hydroxyl groups is 1. The molecule has 0 aromatic heterocycles. The van der Waals surface area contributed by atoms with Gasteiger partial charge in [-0.1, -0.05) is 0 Å². The second-order valence-corrected chi connectivity index (χ2v) is 2.62. The molecule has 0 unspecified atom stereocenters. The molecule has 4 nitrogen and oxygen atoms in total. The zero-order valence-electron chi connectivity index (χ0n) is 7.75. The van der Waals surface area contributed by atoms with Gasteiger partial charge in [-0.05, 0) is 6.07 Å². The number of nitrogens with zero attached hydrogens (tertiary/aromatic N) is 1. The zero-order chi connectivity index (χ0) is 11.4. The minimum absolute atomic E-state index is 0.144. The van der Waals surface area contributed by atoms with Crippen LogP contribution in [0.15, 0.2) is 11.1 Å². The summed E-state index contributed by atoms with van der Waals surface area (Å²) in [6.07, 6.45) is 1.21. The molecule has 0 heterocycles. The lowest BCUT2D eigenvalue weighted by Gasteiger charge is -2.07. The number of benzene rings is 1. The molecule has 80 valence electrons. The summed E-state index contributed by atoms with van der Waals surface area (Å²) in [5, 5.41) is 9.03. The van der Waals surface area contributed by atoms with Crippen LogP contribution >= 0.6 is 0 Å². The van der Waals surface area contributed by atoms with Gasteiger partial charge in [0.25, 0.3) is 0 Å². The van der Waals surface area contributed by atoms with Crippen molar-refractivity contribution >= 4 is 6.08 Å². The van der Waals surface area contributed by atoms with E-state index in [-0.39, 0.29) is 17.9 Å². The molecular formula is C9H7F2NO3. The molecule has 1 rings (SSSR count). The van der Waals surface area contributed by atoms with Crippen molar-refractivity contribution < 1.29 is 23.4 Å². The van der Waals surface area contributed by atoms with E-state index in [0.717, 1.165) is 6.07 Å². The number of rotatable bonds is 3. The second-order valence-electron chi connectivity index (χ2n) is 2.62. The van der Waals surface area contributed by atoms with Gasteiger partial charge in [-0.3, -0.25) is 0 Å². The molecule has 0 aliphatic carbocycles. The number of aliphatic imine (C=N–C) groups is 1. The van der Waals surface area contributed by atoms with Crippen LogP contribution in [-0.2, 0) is 11.3 Å². The SMILES string of the molecule is COc1cc(CN=C=O)c(F)c(O)c1F. The molecule has 0 fully saturated rings. The zero-order valence-corrected chi connectivity index (χ0v) is 7.75. The highest BCUT2D eigenvalue weighted by Gasteiger charge is 2.17. The van der Waals surface area contributed by atoms with Gasteiger partial charge in [0.05, 0.1) is 13.7 Å². The van der Waals surface area contributed by atoms with Gasteiger partial charge in [0.2, 0.25) is 11.9 Å². The third kappa shape index (κ3) is 2.11. The van der Waals surface area contributed by atoms with Gasteiger partial charge >= 0.3 is 0 Å². The molecule has 1 aromatic carbocycles. The molecule has 0 saturated heterocycles. The van der Waals surface area contributed by atoms with Gasteiger partial charge in [0.15, 0.2) is 17.3 Å². The smallest absolute Gasteiger partial charge is 0.235 e. The van der Waals surface area contributed by atoms with Gasteiger partial charge in [-0.15, -0.1) is 0 Å². The Morgan fingerprint density at radius 3 is 2.73 bits per heavy atom. The first-order valence-electron chi connectivity index (χ1n) is 3.89. The molecule has 0 amide bonds. The molecule has 1 N–H and O–H groups in total. The molecule has 0 bridgehead atoms. The predicted octanol–water partition coefficient (Wildman–Crippen LogP) is 1.51. The topological polar surface area (TPSA) is 58.9 Å². The number of carbonyl (C=O) groups excluding carboxylic acids is 1. The van der Waals surface area contributed by atoms with Gasteiger partial charge in [-0.25, -0.2) is 14.2 Å². The summed E-state index contributed by atoms with van der Waals surface area (Å²) in [6, 6.07) is 1.02. The lowest BCUT2D eigenvalue weighted by molar-refractivity contribution is 0.348. The van der Waals surface area contributed by atoms with E-state index in [1.165, 1.54) is 13.2 Å². The van der Waals surface area contributed by atoms with E-state index >= 15 is 0 Å². The average molecular weight is 215 g/mol. The molecule has 0 saturated carbocycles. The quantitative estimate of drug-likeness (QED) is 0.614. The third-order valence-corrected chi connectivity index (χ3v) is 1.75. The second kappa shape index (κ2) is 4.52. The van der Waals surface area contributed by atoms with E-state index in [0.29, 0.717) is 0 Å². The summed E-state index contributed by atoms with van der Waals surface area (Å²) >= 11 is 0. The number of phenolic OH excluding ortho intramolecular Hbond substituents is 1. The monoisotopic (exact) mass is 215 g/mol. The predicted molar refractivity (Wildman–Crippen MR) is 46.4 cm³/mol. The molecule has 15 heavy (non-hydrogen) atoms. The van der Waals surface area contributed by atoms with Crippen molar-refractivity contribution in [1.29, 1.82) is 0 Å². The Balaban J connectivity index is 3.28. The Morgan fingerprint density at radius 2 is 2.20 bits per heavy atom. The molecule has 0 spiro atoms. The van der Waals surface area contributed by atoms with Crippen LogP contribution in [0.3, 0.4) is 0 Å². The summed E-state index contributed by atoms with van der Waals surface area (Å²) in [5.74, 6) is -3.81. The van der Waals surface area contributed by atoms with Crippen LogP contribution in [-0.4, -0.2) is 18.3 Å². The first-order valence-corrected chi connectivity index (χ1v) is 3.89. The number of methoxy groups -OCH3 is 1. The minimum Gasteiger partial charge on any atom is -0.503 e. The van der Waals surface area contributed by atoms with Gasteiger partial charge in [-0.2, -0.15) is 4.39 Å². The van der Waals surface area contributed by atoms with E-state index < -0.39 is 17.4 Å². The largest absolute Gasteiger partial charge is 0.503 e. The Labute approximate surface area is 83.8 Å². The maximum atomic E-state index is 13.2. The Kier molecular flexibility index (Phi) is 3.36. The number of isocyanates is 1. The summed E-state index contributed by atoms with van der Waals surface area (Å²) in [4.78, 5) is 12.9. The summed E-state index contributed by atoms with van der Waals surface area (Å²) in [5.41, 5.74) is -0.144. The maximum Gasteiger partial charge on any atom is 0.235 e. The van der Waals surface area contributed by atoms with Crippen molar-refractivity contribution in [2.45, 2.75) is 6.54 Å². The minimum atomic E-state index is -1.19. The van der Waals surface area contributed by atoms with Crippen LogP contribution in [0, 0.1) is 11.6 Å². The summed E-state index contributed by atoms with van der Waals surface area (Å²) in [6.45, 7) is -0.334. The summed E-state index contributed by atoms with van der Waals surface area (Å²) in [7, 11) is 1.17. The highest BCUT2D eigenvalue weighted by molar-refractivity contribution is 5.42. The maximum absolute atomic E-state index is 13.2. The first kappa shape index (κ1) is 11.1. The van der Waals surface area contributed by atoms with Gasteiger partial charge in [0, 0.05) is 5.56 Å². The number of ether oxygens (including phenoxy) is 1.